The first kappa shape index (κ1) is 13.3. The molecule has 1 aromatic carbocycles. The van der Waals surface area contributed by atoms with E-state index in [1.807, 2.05) is 31.2 Å². The molecule has 1 aromatic heterocycles. The van der Waals surface area contributed by atoms with Gasteiger partial charge in [0.05, 0.1) is 6.42 Å². The topological polar surface area (TPSA) is 70.7 Å². The van der Waals surface area contributed by atoms with Gasteiger partial charge in [0.2, 0.25) is 5.91 Å². The quantitative estimate of drug-likeness (QED) is 0.769. The molecule has 5 heteroatoms. The summed E-state index contributed by atoms with van der Waals surface area (Å²) in [5.74, 6) is 0.917. The van der Waals surface area contributed by atoms with Crippen molar-refractivity contribution in [1.29, 1.82) is 0 Å². The van der Waals surface area contributed by atoms with Crippen molar-refractivity contribution in [3.63, 3.8) is 0 Å². The zero-order chi connectivity index (χ0) is 13.5. The standard InChI is InChI=1S/C14H18N4O/c1-11-5-2-3-6-12(11)9-14(19)15-8-4-7-13-16-10-17-18-13/h2-3,5-6,10H,4,7-9H2,1H3,(H,15,19)(H,16,17,18). The summed E-state index contributed by atoms with van der Waals surface area (Å²) in [4.78, 5) is 15.8. The first-order valence-corrected chi connectivity index (χ1v) is 6.41. The number of aromatic nitrogens is 3. The number of nitrogens with zero attached hydrogens (tertiary/aromatic N) is 2. The number of amides is 1. The van der Waals surface area contributed by atoms with Crippen LogP contribution in [0, 0.1) is 6.92 Å². The number of nitrogens with one attached hydrogen (secondary N) is 2. The van der Waals surface area contributed by atoms with Crippen LogP contribution in [0.5, 0.6) is 0 Å². The molecular formula is C14H18N4O. The first-order valence-electron chi connectivity index (χ1n) is 6.41. The van der Waals surface area contributed by atoms with Crippen LogP contribution in [0.2, 0.25) is 0 Å². The van der Waals surface area contributed by atoms with Crippen molar-refractivity contribution in [3.8, 4) is 0 Å². The summed E-state index contributed by atoms with van der Waals surface area (Å²) in [6.07, 6.45) is 3.58. The van der Waals surface area contributed by atoms with Crippen LogP contribution < -0.4 is 5.32 Å². The zero-order valence-corrected chi connectivity index (χ0v) is 11.0. The minimum Gasteiger partial charge on any atom is -0.356 e. The van der Waals surface area contributed by atoms with Gasteiger partial charge in [0.15, 0.2) is 0 Å². The van der Waals surface area contributed by atoms with E-state index in [9.17, 15) is 4.79 Å². The lowest BCUT2D eigenvalue weighted by atomic mass is 10.1. The first-order chi connectivity index (χ1) is 9.25. The molecule has 2 rings (SSSR count). The van der Waals surface area contributed by atoms with Gasteiger partial charge in [0.1, 0.15) is 12.2 Å². The Bertz CT molecular complexity index is 522. The normalized spacial score (nSPS) is 10.4. The van der Waals surface area contributed by atoms with Gasteiger partial charge < -0.3 is 5.32 Å². The predicted molar refractivity (Wildman–Crippen MR) is 72.6 cm³/mol. The van der Waals surface area contributed by atoms with Gasteiger partial charge in [-0.25, -0.2) is 4.98 Å². The van der Waals surface area contributed by atoms with E-state index in [0.29, 0.717) is 13.0 Å². The SMILES string of the molecule is Cc1ccccc1CC(=O)NCCCc1ncn[nH]1. The van der Waals surface area contributed by atoms with E-state index >= 15 is 0 Å². The maximum Gasteiger partial charge on any atom is 0.224 e. The van der Waals surface area contributed by atoms with Crippen LogP contribution in [0.4, 0.5) is 0 Å². The van der Waals surface area contributed by atoms with Crippen molar-refractivity contribution in [3.05, 3.63) is 47.5 Å². The summed E-state index contributed by atoms with van der Waals surface area (Å²) < 4.78 is 0. The Morgan fingerprint density at radius 3 is 2.95 bits per heavy atom. The molecule has 0 unspecified atom stereocenters. The summed E-state index contributed by atoms with van der Waals surface area (Å²) in [7, 11) is 0. The number of carbonyl (C=O) groups is 1. The van der Waals surface area contributed by atoms with Crippen LogP contribution >= 0.6 is 0 Å². The molecule has 0 aliphatic rings. The molecule has 0 atom stereocenters. The monoisotopic (exact) mass is 258 g/mol. The largest absolute Gasteiger partial charge is 0.356 e. The fourth-order valence-electron chi connectivity index (χ4n) is 1.88. The molecule has 1 amide bonds. The third-order valence-corrected chi connectivity index (χ3v) is 2.99. The number of hydrogen-bond acceptors (Lipinski definition) is 3. The van der Waals surface area contributed by atoms with E-state index in [-0.39, 0.29) is 5.91 Å². The molecule has 0 spiro atoms. The maximum absolute atomic E-state index is 11.8. The van der Waals surface area contributed by atoms with E-state index in [4.69, 9.17) is 0 Å². The molecule has 1 heterocycles. The number of aryl methyl sites for hydroxylation is 2. The number of rotatable bonds is 6. The van der Waals surface area contributed by atoms with Crippen molar-refractivity contribution < 1.29 is 4.79 Å². The summed E-state index contributed by atoms with van der Waals surface area (Å²) in [5.41, 5.74) is 2.23. The molecular weight excluding hydrogens is 240 g/mol. The molecule has 100 valence electrons. The molecule has 0 aliphatic carbocycles. The Balaban J connectivity index is 1.69. The van der Waals surface area contributed by atoms with Crippen LogP contribution in [-0.2, 0) is 17.6 Å². The molecule has 2 N–H and O–H groups in total. The summed E-state index contributed by atoms with van der Waals surface area (Å²) >= 11 is 0. The summed E-state index contributed by atoms with van der Waals surface area (Å²) in [6.45, 7) is 2.68. The van der Waals surface area contributed by atoms with Crippen LogP contribution in [0.3, 0.4) is 0 Å². The lowest BCUT2D eigenvalue weighted by Gasteiger charge is -2.06. The van der Waals surface area contributed by atoms with Crippen LogP contribution in [0.15, 0.2) is 30.6 Å². The Morgan fingerprint density at radius 2 is 2.21 bits per heavy atom. The van der Waals surface area contributed by atoms with Crippen molar-refractivity contribution in [2.45, 2.75) is 26.2 Å². The second-order valence-electron chi connectivity index (χ2n) is 4.49. The highest BCUT2D eigenvalue weighted by atomic mass is 16.1. The molecule has 0 radical (unpaired) electrons. The highest BCUT2D eigenvalue weighted by Crippen LogP contribution is 2.07. The van der Waals surface area contributed by atoms with Gasteiger partial charge in [-0.15, -0.1) is 0 Å². The molecule has 0 fully saturated rings. The number of benzene rings is 1. The van der Waals surface area contributed by atoms with Crippen LogP contribution in [0.25, 0.3) is 0 Å². The van der Waals surface area contributed by atoms with Crippen molar-refractivity contribution >= 4 is 5.91 Å². The Morgan fingerprint density at radius 1 is 1.37 bits per heavy atom. The van der Waals surface area contributed by atoms with E-state index in [1.165, 1.54) is 6.33 Å². The molecule has 0 saturated heterocycles. The highest BCUT2D eigenvalue weighted by molar-refractivity contribution is 5.78. The van der Waals surface area contributed by atoms with Gasteiger partial charge in [-0.05, 0) is 24.5 Å². The predicted octanol–water partition coefficient (Wildman–Crippen LogP) is 1.40. The smallest absolute Gasteiger partial charge is 0.224 e. The Hall–Kier alpha value is -2.17. The van der Waals surface area contributed by atoms with Crippen molar-refractivity contribution in [2.75, 3.05) is 6.54 Å². The van der Waals surface area contributed by atoms with Crippen molar-refractivity contribution in [2.24, 2.45) is 0 Å². The lowest BCUT2D eigenvalue weighted by molar-refractivity contribution is -0.120. The minimum absolute atomic E-state index is 0.0619. The van der Waals surface area contributed by atoms with Crippen molar-refractivity contribution in [1.82, 2.24) is 20.5 Å². The van der Waals surface area contributed by atoms with Gasteiger partial charge in [-0.1, -0.05) is 24.3 Å². The number of aromatic amines is 1. The van der Waals surface area contributed by atoms with Crippen LogP contribution in [0.1, 0.15) is 23.4 Å². The molecule has 5 nitrogen and oxygen atoms in total. The van der Waals surface area contributed by atoms with E-state index in [2.05, 4.69) is 20.5 Å². The average molecular weight is 258 g/mol. The summed E-state index contributed by atoms with van der Waals surface area (Å²) in [5, 5.41) is 9.50. The molecule has 19 heavy (non-hydrogen) atoms. The fraction of sp³-hybridized carbons (Fsp3) is 0.357. The molecule has 0 aliphatic heterocycles. The third-order valence-electron chi connectivity index (χ3n) is 2.99. The van der Waals surface area contributed by atoms with Crippen LogP contribution in [-0.4, -0.2) is 27.6 Å². The average Bonchev–Trinajstić information content (AvgIpc) is 2.91. The van der Waals surface area contributed by atoms with E-state index in [1.54, 1.807) is 0 Å². The number of H-pyrrole nitrogens is 1. The molecule has 0 saturated carbocycles. The van der Waals surface area contributed by atoms with Gasteiger partial charge >= 0.3 is 0 Å². The molecule has 0 bridgehead atoms. The minimum atomic E-state index is 0.0619. The lowest BCUT2D eigenvalue weighted by Crippen LogP contribution is -2.26. The van der Waals surface area contributed by atoms with Gasteiger partial charge in [-0.2, -0.15) is 5.10 Å². The number of hydrogen-bond donors (Lipinski definition) is 2. The van der Waals surface area contributed by atoms with E-state index in [0.717, 1.165) is 29.8 Å². The Labute approximate surface area is 112 Å². The fourth-order valence-corrected chi connectivity index (χ4v) is 1.88. The third kappa shape index (κ3) is 4.21. The molecule has 2 aromatic rings. The van der Waals surface area contributed by atoms with Gasteiger partial charge in [0, 0.05) is 13.0 Å². The number of carbonyl (C=O) groups excluding carboxylic acids is 1. The van der Waals surface area contributed by atoms with Gasteiger partial charge in [0.25, 0.3) is 0 Å². The second-order valence-corrected chi connectivity index (χ2v) is 4.49. The van der Waals surface area contributed by atoms with Gasteiger partial charge in [-0.3, -0.25) is 9.89 Å². The maximum atomic E-state index is 11.8. The summed E-state index contributed by atoms with van der Waals surface area (Å²) in [6, 6.07) is 7.95. The Kier molecular flexibility index (Phi) is 4.66. The zero-order valence-electron chi connectivity index (χ0n) is 11.0. The second kappa shape index (κ2) is 6.68. The van der Waals surface area contributed by atoms with E-state index < -0.39 is 0 Å². The highest BCUT2D eigenvalue weighted by Gasteiger charge is 2.05.